The van der Waals surface area contributed by atoms with Crippen LogP contribution in [0.1, 0.15) is 11.6 Å². The number of rotatable bonds is 2. The lowest BCUT2D eigenvalue weighted by Gasteiger charge is -2.36. The first-order chi connectivity index (χ1) is 9.32. The number of halogens is 7. The number of hydrogen-bond acceptors (Lipinski definition) is 3. The van der Waals surface area contributed by atoms with Crippen LogP contribution in [0.25, 0.3) is 0 Å². The third-order valence-electron chi connectivity index (χ3n) is 3.21. The predicted octanol–water partition coefficient (Wildman–Crippen LogP) is 3.65. The molecular weight excluding hydrogens is 415 g/mol. The van der Waals surface area contributed by atoms with Crippen LogP contribution in [0.2, 0.25) is 0 Å². The highest BCUT2D eigenvalue weighted by atomic mass is 79.9. The molecule has 0 aromatic heterocycles. The number of piperazine rings is 1. The first kappa shape index (κ1) is 21.7. The van der Waals surface area contributed by atoms with E-state index in [2.05, 4.69) is 21.2 Å². The van der Waals surface area contributed by atoms with Crippen LogP contribution < -0.4 is 5.32 Å². The van der Waals surface area contributed by atoms with Gasteiger partial charge >= 0.3 is 6.18 Å². The molecule has 1 saturated heterocycles. The summed E-state index contributed by atoms with van der Waals surface area (Å²) in [5.74, 6) is -1.77. The minimum Gasteiger partial charge on any atom is -0.506 e. The van der Waals surface area contributed by atoms with Crippen LogP contribution in [0.4, 0.5) is 17.6 Å². The van der Waals surface area contributed by atoms with Crippen LogP contribution in [-0.4, -0.2) is 42.4 Å². The van der Waals surface area contributed by atoms with Gasteiger partial charge in [0.05, 0.1) is 10.0 Å². The van der Waals surface area contributed by atoms with Gasteiger partial charge in [-0.05, 0) is 28.1 Å². The van der Waals surface area contributed by atoms with E-state index in [1.807, 2.05) is 0 Å². The van der Waals surface area contributed by atoms with Crippen molar-refractivity contribution in [2.75, 3.05) is 26.2 Å². The zero-order chi connectivity index (χ0) is 14.9. The number of phenols is 1. The summed E-state index contributed by atoms with van der Waals surface area (Å²) in [5.41, 5.74) is -0.728. The molecule has 0 radical (unpaired) electrons. The van der Waals surface area contributed by atoms with E-state index in [0.717, 1.165) is 11.0 Å². The van der Waals surface area contributed by atoms with Crippen LogP contribution in [0.3, 0.4) is 0 Å². The van der Waals surface area contributed by atoms with Gasteiger partial charge in [0.15, 0.2) is 0 Å². The molecule has 0 aliphatic carbocycles. The Kier molecular flexibility index (Phi) is 8.43. The first-order valence-corrected chi connectivity index (χ1v) is 6.80. The van der Waals surface area contributed by atoms with E-state index in [4.69, 9.17) is 0 Å². The Morgan fingerprint density at radius 2 is 1.73 bits per heavy atom. The number of nitrogens with zero attached hydrogens (tertiary/aromatic N) is 1. The van der Waals surface area contributed by atoms with Crippen molar-refractivity contribution >= 4 is 40.7 Å². The summed E-state index contributed by atoms with van der Waals surface area (Å²) in [6.45, 7) is 1.05. The van der Waals surface area contributed by atoms with Gasteiger partial charge in [-0.25, -0.2) is 4.39 Å². The summed E-state index contributed by atoms with van der Waals surface area (Å²) < 4.78 is 53.9. The average molecular weight is 430 g/mol. The zero-order valence-corrected chi connectivity index (χ0v) is 14.4. The van der Waals surface area contributed by atoms with Gasteiger partial charge in [-0.1, -0.05) is 0 Å². The fourth-order valence-corrected chi connectivity index (χ4v) is 2.66. The van der Waals surface area contributed by atoms with Gasteiger partial charge in [0, 0.05) is 26.2 Å². The molecule has 10 heteroatoms. The summed E-state index contributed by atoms with van der Waals surface area (Å²) in [5, 5.41) is 12.8. The summed E-state index contributed by atoms with van der Waals surface area (Å²) in [6.07, 6.45) is -4.67. The maximum absolute atomic E-state index is 13.8. The molecule has 1 aromatic rings. The lowest BCUT2D eigenvalue weighted by atomic mass is 10.0. The second kappa shape index (κ2) is 8.54. The van der Waals surface area contributed by atoms with Gasteiger partial charge in [-0.3, -0.25) is 4.90 Å². The van der Waals surface area contributed by atoms with Crippen molar-refractivity contribution in [3.63, 3.8) is 0 Å². The average Bonchev–Trinajstić information content (AvgIpc) is 2.39. The maximum atomic E-state index is 13.8. The number of aromatic hydroxyl groups is 1. The summed E-state index contributed by atoms with van der Waals surface area (Å²) in [4.78, 5) is 1.13. The molecule has 0 amide bonds. The number of nitrogens with one attached hydrogen (secondary N) is 1. The summed E-state index contributed by atoms with van der Waals surface area (Å²) in [7, 11) is 0. The van der Waals surface area contributed by atoms with Crippen molar-refractivity contribution in [3.8, 4) is 5.75 Å². The Morgan fingerprint density at radius 3 is 2.23 bits per heavy atom. The van der Waals surface area contributed by atoms with Crippen molar-refractivity contribution in [2.45, 2.75) is 12.2 Å². The predicted molar refractivity (Wildman–Crippen MR) is 83.5 cm³/mol. The van der Waals surface area contributed by atoms with E-state index in [1.165, 1.54) is 6.07 Å². The minimum atomic E-state index is -4.67. The molecule has 1 heterocycles. The highest BCUT2D eigenvalue weighted by molar-refractivity contribution is 9.10. The molecular formula is C12H15BrCl2F4N2O. The first-order valence-electron chi connectivity index (χ1n) is 6.00. The largest absolute Gasteiger partial charge is 0.506 e. The SMILES string of the molecule is Cl.Cl.Oc1c(Br)ccc(F)c1[C@H](N1CCNCC1)C(F)(F)F. The quantitative estimate of drug-likeness (QED) is 0.704. The van der Waals surface area contributed by atoms with Crippen molar-refractivity contribution in [3.05, 3.63) is 28.0 Å². The smallest absolute Gasteiger partial charge is 0.408 e. The molecule has 1 aliphatic heterocycles. The normalized spacial score (nSPS) is 17.3. The second-order valence-corrected chi connectivity index (χ2v) is 5.38. The fraction of sp³-hybridized carbons (Fsp3) is 0.500. The molecule has 2 rings (SSSR count). The molecule has 128 valence electrons. The van der Waals surface area contributed by atoms with Gasteiger partial charge in [0.1, 0.15) is 17.6 Å². The highest BCUT2D eigenvalue weighted by Gasteiger charge is 2.47. The Morgan fingerprint density at radius 1 is 1.18 bits per heavy atom. The maximum Gasteiger partial charge on any atom is 0.408 e. The van der Waals surface area contributed by atoms with E-state index in [-0.39, 0.29) is 42.4 Å². The van der Waals surface area contributed by atoms with Crippen molar-refractivity contribution in [1.82, 2.24) is 10.2 Å². The van der Waals surface area contributed by atoms with E-state index in [1.54, 1.807) is 0 Å². The van der Waals surface area contributed by atoms with Gasteiger partial charge in [0.2, 0.25) is 0 Å². The Labute approximate surface area is 146 Å². The molecule has 0 saturated carbocycles. The summed E-state index contributed by atoms with van der Waals surface area (Å²) >= 11 is 2.92. The molecule has 22 heavy (non-hydrogen) atoms. The molecule has 1 atom stereocenters. The van der Waals surface area contributed by atoms with Crippen molar-refractivity contribution in [2.24, 2.45) is 0 Å². The van der Waals surface area contributed by atoms with Crippen LogP contribution in [0.15, 0.2) is 16.6 Å². The van der Waals surface area contributed by atoms with Crippen LogP contribution >= 0.6 is 40.7 Å². The Bertz CT molecular complexity index is 499. The second-order valence-electron chi connectivity index (χ2n) is 4.52. The molecule has 1 fully saturated rings. The fourth-order valence-electron chi connectivity index (χ4n) is 2.31. The molecule has 3 nitrogen and oxygen atoms in total. The topological polar surface area (TPSA) is 35.5 Å². The number of benzene rings is 1. The monoisotopic (exact) mass is 428 g/mol. The third-order valence-corrected chi connectivity index (χ3v) is 3.85. The minimum absolute atomic E-state index is 0. The van der Waals surface area contributed by atoms with Gasteiger partial charge in [-0.2, -0.15) is 13.2 Å². The van der Waals surface area contributed by atoms with Gasteiger partial charge in [-0.15, -0.1) is 24.8 Å². The van der Waals surface area contributed by atoms with E-state index in [0.29, 0.717) is 13.1 Å². The molecule has 0 spiro atoms. The lowest BCUT2D eigenvalue weighted by Crippen LogP contribution is -2.49. The van der Waals surface area contributed by atoms with E-state index < -0.39 is 29.3 Å². The molecule has 0 unspecified atom stereocenters. The standard InChI is InChI=1S/C12H13BrF4N2O.2ClH/c13-7-1-2-8(14)9(10(7)20)11(12(15,16)17)19-5-3-18-4-6-19;;/h1-2,11,18,20H,3-6H2;2*1H/t11-;;/m0../s1. The Balaban J connectivity index is 0.00000220. The molecule has 0 bridgehead atoms. The molecule has 2 N–H and O–H groups in total. The van der Waals surface area contributed by atoms with Crippen LogP contribution in [-0.2, 0) is 0 Å². The van der Waals surface area contributed by atoms with E-state index in [9.17, 15) is 22.7 Å². The van der Waals surface area contributed by atoms with Crippen LogP contribution in [0.5, 0.6) is 5.75 Å². The van der Waals surface area contributed by atoms with Crippen molar-refractivity contribution < 1.29 is 22.7 Å². The highest BCUT2D eigenvalue weighted by Crippen LogP contribution is 2.44. The number of hydrogen-bond donors (Lipinski definition) is 2. The van der Waals surface area contributed by atoms with Crippen LogP contribution in [0, 0.1) is 5.82 Å². The van der Waals surface area contributed by atoms with Crippen molar-refractivity contribution in [1.29, 1.82) is 0 Å². The number of alkyl halides is 3. The summed E-state index contributed by atoms with van der Waals surface area (Å²) in [6, 6.07) is -0.0542. The van der Waals surface area contributed by atoms with E-state index >= 15 is 0 Å². The van der Waals surface area contributed by atoms with Gasteiger partial charge < -0.3 is 10.4 Å². The lowest BCUT2D eigenvalue weighted by molar-refractivity contribution is -0.189. The third kappa shape index (κ3) is 4.61. The molecule has 1 aliphatic rings. The molecule has 1 aromatic carbocycles. The number of phenolic OH excluding ortho intramolecular Hbond substituents is 1. The Hall–Kier alpha value is -0.280. The van der Waals surface area contributed by atoms with Gasteiger partial charge in [0.25, 0.3) is 0 Å². The zero-order valence-electron chi connectivity index (χ0n) is 11.2.